The maximum Gasteiger partial charge on any atom is 0.241 e. The molecule has 0 radical (unpaired) electrons. The number of nitrogens with one attached hydrogen (secondary N) is 2. The molecule has 1 unspecified atom stereocenters. The van der Waals surface area contributed by atoms with Crippen LogP contribution >= 0.6 is 11.8 Å². The van der Waals surface area contributed by atoms with Gasteiger partial charge in [-0.3, -0.25) is 9.59 Å². The Morgan fingerprint density at radius 3 is 2.45 bits per heavy atom. The van der Waals surface area contributed by atoms with Crippen LogP contribution in [0.5, 0.6) is 0 Å². The van der Waals surface area contributed by atoms with E-state index in [0.29, 0.717) is 17.9 Å². The molecular formula is C12H14N2O4S2. The predicted octanol–water partition coefficient (Wildman–Crippen LogP) is 0.955. The Morgan fingerprint density at radius 2 is 1.95 bits per heavy atom. The van der Waals surface area contributed by atoms with Gasteiger partial charge in [0.25, 0.3) is 0 Å². The second-order valence-corrected chi connectivity index (χ2v) is 7.15. The molecule has 6 nitrogen and oxygen atoms in total. The van der Waals surface area contributed by atoms with Crippen LogP contribution in [0.1, 0.15) is 13.3 Å². The highest BCUT2D eigenvalue weighted by Gasteiger charge is 2.30. The van der Waals surface area contributed by atoms with E-state index < -0.39 is 16.1 Å². The van der Waals surface area contributed by atoms with Crippen LogP contribution in [0.2, 0.25) is 0 Å². The lowest BCUT2D eigenvalue weighted by Gasteiger charge is -2.11. The van der Waals surface area contributed by atoms with Gasteiger partial charge in [-0.15, -0.1) is 0 Å². The number of sulfonamides is 1. The minimum absolute atomic E-state index is 0.0660. The van der Waals surface area contributed by atoms with Crippen LogP contribution in [-0.2, 0) is 19.6 Å². The molecule has 1 aliphatic rings. The first-order valence-corrected chi connectivity index (χ1v) is 8.42. The predicted molar refractivity (Wildman–Crippen MR) is 76.9 cm³/mol. The summed E-state index contributed by atoms with van der Waals surface area (Å²) in [6, 6.07) is 5.13. The molecule has 1 saturated heterocycles. The molecule has 108 valence electrons. The van der Waals surface area contributed by atoms with Crippen LogP contribution in [0.25, 0.3) is 0 Å². The third-order valence-electron chi connectivity index (χ3n) is 2.72. The molecule has 0 saturated carbocycles. The number of carbonyl (C=O) groups excluding carboxylic acids is 2. The monoisotopic (exact) mass is 314 g/mol. The number of amides is 1. The first kappa shape index (κ1) is 15.0. The summed E-state index contributed by atoms with van der Waals surface area (Å²) >= 11 is 1.14. The van der Waals surface area contributed by atoms with E-state index in [1.54, 1.807) is 0 Å². The fourth-order valence-corrected chi connectivity index (χ4v) is 4.02. The van der Waals surface area contributed by atoms with E-state index in [1.807, 2.05) is 0 Å². The molecule has 2 N–H and O–H groups in total. The minimum Gasteiger partial charge on any atom is -0.326 e. The average Bonchev–Trinajstić information content (AvgIpc) is 2.74. The lowest BCUT2D eigenvalue weighted by molar-refractivity contribution is -0.114. The Hall–Kier alpha value is -1.38. The lowest BCUT2D eigenvalue weighted by Crippen LogP contribution is -2.37. The quantitative estimate of drug-likeness (QED) is 0.863. The van der Waals surface area contributed by atoms with E-state index >= 15 is 0 Å². The van der Waals surface area contributed by atoms with Crippen LogP contribution < -0.4 is 10.0 Å². The van der Waals surface area contributed by atoms with Crippen molar-refractivity contribution < 1.29 is 18.0 Å². The van der Waals surface area contributed by atoms with Crippen LogP contribution in [0.3, 0.4) is 0 Å². The van der Waals surface area contributed by atoms with Gasteiger partial charge in [0.2, 0.25) is 21.0 Å². The minimum atomic E-state index is -3.72. The lowest BCUT2D eigenvalue weighted by atomic mass is 10.3. The molecule has 1 aliphatic heterocycles. The van der Waals surface area contributed by atoms with Gasteiger partial charge in [-0.1, -0.05) is 11.8 Å². The number of rotatable bonds is 4. The number of anilines is 1. The van der Waals surface area contributed by atoms with E-state index in [1.165, 1.54) is 31.2 Å². The SMILES string of the molecule is CC(=O)Nc1ccc(S(=O)(=O)NC2CCSC2=O)cc1. The van der Waals surface area contributed by atoms with Crippen molar-refractivity contribution >= 4 is 38.5 Å². The second-order valence-electron chi connectivity index (χ2n) is 4.34. The number of thioether (sulfide) groups is 1. The summed E-state index contributed by atoms with van der Waals surface area (Å²) in [7, 11) is -3.72. The van der Waals surface area contributed by atoms with Crippen molar-refractivity contribution in [3.63, 3.8) is 0 Å². The smallest absolute Gasteiger partial charge is 0.241 e. The van der Waals surface area contributed by atoms with E-state index in [0.717, 1.165) is 11.8 Å². The molecule has 20 heavy (non-hydrogen) atoms. The van der Waals surface area contributed by atoms with Crippen molar-refractivity contribution in [3.05, 3.63) is 24.3 Å². The van der Waals surface area contributed by atoms with Gasteiger partial charge in [-0.25, -0.2) is 8.42 Å². The molecule has 1 aromatic rings. The molecule has 0 aliphatic carbocycles. The summed E-state index contributed by atoms with van der Waals surface area (Å²) in [5.74, 6) is 0.403. The Bertz CT molecular complexity index is 625. The summed E-state index contributed by atoms with van der Waals surface area (Å²) in [5, 5.41) is 2.40. The van der Waals surface area contributed by atoms with E-state index in [9.17, 15) is 18.0 Å². The van der Waals surface area contributed by atoms with Crippen molar-refractivity contribution in [1.82, 2.24) is 4.72 Å². The Kier molecular flexibility index (Phi) is 4.46. The summed E-state index contributed by atoms with van der Waals surface area (Å²) in [4.78, 5) is 22.4. The zero-order valence-electron chi connectivity index (χ0n) is 10.8. The van der Waals surface area contributed by atoms with E-state index in [2.05, 4.69) is 10.0 Å². The topological polar surface area (TPSA) is 92.3 Å². The highest BCUT2D eigenvalue weighted by atomic mass is 32.2. The fourth-order valence-electron chi connectivity index (χ4n) is 1.78. The van der Waals surface area contributed by atoms with Crippen molar-refractivity contribution in [3.8, 4) is 0 Å². The third kappa shape index (κ3) is 3.59. The summed E-state index contributed by atoms with van der Waals surface area (Å²) in [6.07, 6.45) is 0.507. The molecule has 1 heterocycles. The molecular weight excluding hydrogens is 300 g/mol. The highest BCUT2D eigenvalue weighted by molar-refractivity contribution is 8.14. The number of hydrogen-bond donors (Lipinski definition) is 2. The zero-order valence-corrected chi connectivity index (χ0v) is 12.4. The molecule has 1 fully saturated rings. The molecule has 0 bridgehead atoms. The third-order valence-corrected chi connectivity index (χ3v) is 5.21. The van der Waals surface area contributed by atoms with Crippen LogP contribution in [0.4, 0.5) is 5.69 Å². The van der Waals surface area contributed by atoms with Crippen molar-refractivity contribution in [2.45, 2.75) is 24.3 Å². The molecule has 2 rings (SSSR count). The number of hydrogen-bond acceptors (Lipinski definition) is 5. The zero-order chi connectivity index (χ0) is 14.8. The van der Waals surface area contributed by atoms with Crippen LogP contribution in [-0.4, -0.2) is 31.2 Å². The summed E-state index contributed by atoms with van der Waals surface area (Å²) < 4.78 is 26.6. The molecule has 0 spiro atoms. The van der Waals surface area contributed by atoms with Crippen LogP contribution in [0.15, 0.2) is 29.2 Å². The standard InChI is InChI=1S/C12H14N2O4S2/c1-8(15)13-9-2-4-10(5-3-9)20(17,18)14-11-6-7-19-12(11)16/h2-5,11,14H,6-7H2,1H3,(H,13,15). The molecule has 1 amide bonds. The number of carbonyl (C=O) groups is 2. The van der Waals surface area contributed by atoms with E-state index in [4.69, 9.17) is 0 Å². The molecule has 1 aromatic carbocycles. The fraction of sp³-hybridized carbons (Fsp3) is 0.333. The first-order chi connectivity index (χ1) is 9.38. The maximum absolute atomic E-state index is 12.1. The van der Waals surface area contributed by atoms with Gasteiger partial charge < -0.3 is 5.32 Å². The van der Waals surface area contributed by atoms with Gasteiger partial charge in [0.1, 0.15) is 0 Å². The number of benzene rings is 1. The van der Waals surface area contributed by atoms with Gasteiger partial charge in [-0.05, 0) is 30.7 Å². The van der Waals surface area contributed by atoms with Gasteiger partial charge in [0, 0.05) is 18.4 Å². The van der Waals surface area contributed by atoms with Gasteiger partial charge in [0.05, 0.1) is 10.9 Å². The maximum atomic E-state index is 12.1. The molecule has 1 atom stereocenters. The Morgan fingerprint density at radius 1 is 1.30 bits per heavy atom. The highest BCUT2D eigenvalue weighted by Crippen LogP contribution is 2.22. The summed E-state index contributed by atoms with van der Waals surface area (Å²) in [5.41, 5.74) is 0.518. The summed E-state index contributed by atoms with van der Waals surface area (Å²) in [6.45, 7) is 1.37. The largest absolute Gasteiger partial charge is 0.326 e. The van der Waals surface area contributed by atoms with Gasteiger partial charge in [0.15, 0.2) is 0 Å². The van der Waals surface area contributed by atoms with Crippen molar-refractivity contribution in [1.29, 1.82) is 0 Å². The Balaban J connectivity index is 2.13. The second kappa shape index (κ2) is 5.94. The van der Waals surface area contributed by atoms with Crippen molar-refractivity contribution in [2.75, 3.05) is 11.1 Å². The molecule has 0 aromatic heterocycles. The molecule has 8 heteroatoms. The van der Waals surface area contributed by atoms with E-state index in [-0.39, 0.29) is 15.9 Å². The van der Waals surface area contributed by atoms with Gasteiger partial charge >= 0.3 is 0 Å². The van der Waals surface area contributed by atoms with Crippen molar-refractivity contribution in [2.24, 2.45) is 0 Å². The average molecular weight is 314 g/mol. The van der Waals surface area contributed by atoms with Crippen LogP contribution in [0, 0.1) is 0 Å². The first-order valence-electron chi connectivity index (χ1n) is 5.95. The Labute approximate surface area is 121 Å². The van der Waals surface area contributed by atoms with Gasteiger partial charge in [-0.2, -0.15) is 4.72 Å². The normalized spacial score (nSPS) is 19.1.